The molecule has 0 bridgehead atoms. The van der Waals surface area contributed by atoms with Gasteiger partial charge in [-0.25, -0.2) is 0 Å². The van der Waals surface area contributed by atoms with Gasteiger partial charge < -0.3 is 10.1 Å². The fourth-order valence-electron chi connectivity index (χ4n) is 1.84. The minimum Gasteiger partial charge on any atom is -0.349 e. The molecule has 1 N–H and O–H groups in total. The summed E-state index contributed by atoms with van der Waals surface area (Å²) in [6.07, 6.45) is 0.982. The van der Waals surface area contributed by atoms with Crippen molar-refractivity contribution < 1.29 is 9.59 Å². The Morgan fingerprint density at radius 2 is 1.88 bits per heavy atom. The quantitative estimate of drug-likeness (QED) is 0.808. The highest BCUT2D eigenvalue weighted by Gasteiger charge is 2.05. The van der Waals surface area contributed by atoms with Crippen molar-refractivity contribution in [3.63, 3.8) is 0 Å². The molecule has 0 saturated heterocycles. The monoisotopic (exact) mass is 227 g/mol. The molecule has 2 rings (SSSR count). The Bertz CT molecular complexity index is 543. The first kappa shape index (κ1) is 11.3. The van der Waals surface area contributed by atoms with E-state index in [2.05, 4.69) is 5.32 Å². The second-order valence-electron chi connectivity index (χ2n) is 3.79. The molecule has 1 amide bonds. The third-order valence-electron chi connectivity index (χ3n) is 2.61. The molecule has 3 nitrogen and oxygen atoms in total. The summed E-state index contributed by atoms with van der Waals surface area (Å²) in [6.45, 7) is 0.0730. The normalized spacial score (nSPS) is 10.1. The average molecular weight is 227 g/mol. The van der Waals surface area contributed by atoms with E-state index in [1.165, 1.54) is 0 Å². The molecule has 0 radical (unpaired) electrons. The first-order valence-corrected chi connectivity index (χ1v) is 5.48. The van der Waals surface area contributed by atoms with Gasteiger partial charge in [-0.1, -0.05) is 42.5 Å². The zero-order chi connectivity index (χ0) is 12.1. The Morgan fingerprint density at radius 1 is 1.12 bits per heavy atom. The van der Waals surface area contributed by atoms with Crippen molar-refractivity contribution >= 4 is 23.0 Å². The Morgan fingerprint density at radius 3 is 2.71 bits per heavy atom. The van der Waals surface area contributed by atoms with Crippen LogP contribution in [0.5, 0.6) is 0 Å². The second kappa shape index (κ2) is 5.25. The van der Waals surface area contributed by atoms with E-state index in [0.717, 1.165) is 16.3 Å². The smallest absolute Gasteiger partial charge is 0.224 e. The van der Waals surface area contributed by atoms with Gasteiger partial charge in [-0.2, -0.15) is 0 Å². The van der Waals surface area contributed by atoms with E-state index < -0.39 is 0 Å². The van der Waals surface area contributed by atoms with Gasteiger partial charge >= 0.3 is 0 Å². The lowest BCUT2D eigenvalue weighted by Gasteiger charge is -2.06. The van der Waals surface area contributed by atoms with Crippen LogP contribution < -0.4 is 5.32 Å². The standard InChI is InChI=1S/C14H13NO2/c16-9-8-15-14(17)10-12-6-3-5-11-4-1-2-7-13(11)12/h1-7,9H,8,10H2,(H,15,17). The van der Waals surface area contributed by atoms with Crippen molar-refractivity contribution in [2.45, 2.75) is 6.42 Å². The lowest BCUT2D eigenvalue weighted by Crippen LogP contribution is -2.26. The van der Waals surface area contributed by atoms with Crippen LogP contribution in [0, 0.1) is 0 Å². The van der Waals surface area contributed by atoms with E-state index in [9.17, 15) is 9.59 Å². The molecule has 0 heterocycles. The number of amides is 1. The minimum atomic E-state index is -0.131. The SMILES string of the molecule is O=CCNC(=O)Cc1cccc2ccccc12. The molecule has 0 saturated carbocycles. The number of carbonyl (C=O) groups excluding carboxylic acids is 2. The van der Waals surface area contributed by atoms with Gasteiger partial charge in [-0.05, 0) is 16.3 Å². The summed E-state index contributed by atoms with van der Waals surface area (Å²) in [5, 5.41) is 4.74. The molecule has 0 aliphatic carbocycles. The Balaban J connectivity index is 2.23. The van der Waals surface area contributed by atoms with Crippen molar-refractivity contribution in [2.24, 2.45) is 0 Å². The topological polar surface area (TPSA) is 46.2 Å². The van der Waals surface area contributed by atoms with E-state index in [1.807, 2.05) is 42.5 Å². The third-order valence-corrected chi connectivity index (χ3v) is 2.61. The van der Waals surface area contributed by atoms with E-state index >= 15 is 0 Å². The van der Waals surface area contributed by atoms with Crippen LogP contribution >= 0.6 is 0 Å². The van der Waals surface area contributed by atoms with Gasteiger partial charge in [0.05, 0.1) is 13.0 Å². The average Bonchev–Trinajstić information content (AvgIpc) is 2.37. The second-order valence-corrected chi connectivity index (χ2v) is 3.79. The zero-order valence-corrected chi connectivity index (χ0v) is 9.35. The minimum absolute atomic E-state index is 0.0730. The van der Waals surface area contributed by atoms with E-state index in [-0.39, 0.29) is 12.5 Å². The highest BCUT2D eigenvalue weighted by atomic mass is 16.2. The van der Waals surface area contributed by atoms with Crippen LogP contribution in [0.1, 0.15) is 5.56 Å². The predicted molar refractivity (Wildman–Crippen MR) is 66.7 cm³/mol. The molecule has 3 heteroatoms. The molecule has 0 aromatic heterocycles. The van der Waals surface area contributed by atoms with Gasteiger partial charge in [0.2, 0.25) is 5.91 Å². The number of rotatable bonds is 4. The Hall–Kier alpha value is -2.16. The maximum Gasteiger partial charge on any atom is 0.224 e. The van der Waals surface area contributed by atoms with Crippen LogP contribution in [0.25, 0.3) is 10.8 Å². The van der Waals surface area contributed by atoms with Crippen molar-refractivity contribution in [1.29, 1.82) is 0 Å². The molecule has 86 valence electrons. The molecular weight excluding hydrogens is 214 g/mol. The molecule has 0 spiro atoms. The van der Waals surface area contributed by atoms with Crippen LogP contribution in [0.4, 0.5) is 0 Å². The highest BCUT2D eigenvalue weighted by Crippen LogP contribution is 2.18. The number of aldehydes is 1. The molecule has 0 aliphatic rings. The fraction of sp³-hybridized carbons (Fsp3) is 0.143. The van der Waals surface area contributed by atoms with E-state index in [0.29, 0.717) is 12.7 Å². The van der Waals surface area contributed by atoms with Crippen LogP contribution in [0.15, 0.2) is 42.5 Å². The molecule has 2 aromatic rings. The summed E-state index contributed by atoms with van der Waals surface area (Å²) in [5.41, 5.74) is 0.978. The van der Waals surface area contributed by atoms with Crippen LogP contribution in [0.2, 0.25) is 0 Å². The maximum atomic E-state index is 11.5. The summed E-state index contributed by atoms with van der Waals surface area (Å²) in [5.74, 6) is -0.131. The van der Waals surface area contributed by atoms with E-state index in [4.69, 9.17) is 0 Å². The van der Waals surface area contributed by atoms with Crippen molar-refractivity contribution in [2.75, 3.05) is 6.54 Å². The molecule has 17 heavy (non-hydrogen) atoms. The van der Waals surface area contributed by atoms with Crippen LogP contribution in [0.3, 0.4) is 0 Å². The number of benzene rings is 2. The molecule has 0 fully saturated rings. The first-order valence-electron chi connectivity index (χ1n) is 5.48. The fourth-order valence-corrected chi connectivity index (χ4v) is 1.84. The summed E-state index contributed by atoms with van der Waals surface area (Å²) in [7, 11) is 0. The van der Waals surface area contributed by atoms with Gasteiger partial charge in [-0.15, -0.1) is 0 Å². The number of hydrogen-bond donors (Lipinski definition) is 1. The highest BCUT2D eigenvalue weighted by molar-refractivity contribution is 5.90. The molecular formula is C14H13NO2. The van der Waals surface area contributed by atoms with Crippen LogP contribution in [-0.2, 0) is 16.0 Å². The van der Waals surface area contributed by atoms with Crippen LogP contribution in [-0.4, -0.2) is 18.7 Å². The van der Waals surface area contributed by atoms with Crippen molar-refractivity contribution in [3.05, 3.63) is 48.0 Å². The number of nitrogens with one attached hydrogen (secondary N) is 1. The number of fused-ring (bicyclic) bond motifs is 1. The Labute approximate surface area is 99.4 Å². The Kier molecular flexibility index (Phi) is 3.50. The molecule has 0 aliphatic heterocycles. The molecule has 0 unspecified atom stereocenters. The summed E-state index contributed by atoms with van der Waals surface area (Å²) < 4.78 is 0. The predicted octanol–water partition coefficient (Wildman–Crippen LogP) is 1.70. The summed E-state index contributed by atoms with van der Waals surface area (Å²) >= 11 is 0. The van der Waals surface area contributed by atoms with Gasteiger partial charge in [0, 0.05) is 0 Å². The maximum absolute atomic E-state index is 11.5. The van der Waals surface area contributed by atoms with Crippen molar-refractivity contribution in [3.8, 4) is 0 Å². The largest absolute Gasteiger partial charge is 0.349 e. The van der Waals surface area contributed by atoms with Gasteiger partial charge in [0.15, 0.2) is 0 Å². The molecule has 0 atom stereocenters. The third kappa shape index (κ3) is 2.69. The first-order chi connectivity index (χ1) is 8.31. The van der Waals surface area contributed by atoms with Gasteiger partial charge in [0.25, 0.3) is 0 Å². The van der Waals surface area contributed by atoms with E-state index in [1.54, 1.807) is 0 Å². The summed E-state index contributed by atoms with van der Waals surface area (Å²) in [4.78, 5) is 21.7. The molecule has 2 aromatic carbocycles. The number of hydrogen-bond acceptors (Lipinski definition) is 2. The van der Waals surface area contributed by atoms with Gasteiger partial charge in [0.1, 0.15) is 6.29 Å². The lowest BCUT2D eigenvalue weighted by atomic mass is 10.0. The lowest BCUT2D eigenvalue weighted by molar-refractivity contribution is -0.121. The zero-order valence-electron chi connectivity index (χ0n) is 9.35. The number of carbonyl (C=O) groups is 2. The van der Waals surface area contributed by atoms with Crippen molar-refractivity contribution in [1.82, 2.24) is 5.32 Å². The summed E-state index contributed by atoms with van der Waals surface area (Å²) in [6, 6.07) is 13.8. The van der Waals surface area contributed by atoms with Gasteiger partial charge in [-0.3, -0.25) is 4.79 Å².